The van der Waals surface area contributed by atoms with Gasteiger partial charge in [0.15, 0.2) is 6.10 Å². The number of fused-ring (bicyclic) bond motifs is 2. The van der Waals surface area contributed by atoms with E-state index in [4.69, 9.17) is 31.2 Å². The van der Waals surface area contributed by atoms with Crippen molar-refractivity contribution in [3.63, 3.8) is 0 Å². The standard InChI is InChI=1S/C39H44ClN5O5S/c1-22-19-29-35(32(23-7-10-26(40)11-8-23)31(22)34(37(46)47)50-39(2,3)4)51-36(41-29)25-9-12-30-28(20-25)33(42-43(30)5)24-13-16-44(17-14-24)21-27-15-18-45(27)38(48)49-6/h7-12,19-20,24,27,34H,13-18,21H2,1-6H3,(H,46,47)/t27?,34-/m0/s1. The fourth-order valence-electron chi connectivity index (χ4n) is 7.56. The number of methoxy groups -OCH3 is 1. The number of carboxylic acid groups (broad SMARTS) is 1. The molecule has 2 atom stereocenters. The lowest BCUT2D eigenvalue weighted by Gasteiger charge is -2.43. The Morgan fingerprint density at radius 1 is 1.04 bits per heavy atom. The highest BCUT2D eigenvalue weighted by molar-refractivity contribution is 7.22. The lowest BCUT2D eigenvalue weighted by molar-refractivity contribution is -0.160. The van der Waals surface area contributed by atoms with Crippen LogP contribution in [-0.2, 0) is 21.3 Å². The lowest BCUT2D eigenvalue weighted by atomic mass is 9.90. The van der Waals surface area contributed by atoms with Gasteiger partial charge in [0.25, 0.3) is 0 Å². The molecule has 268 valence electrons. The molecule has 0 bridgehead atoms. The first kappa shape index (κ1) is 35.4. The Kier molecular flexibility index (Phi) is 9.60. The SMILES string of the molecule is COC(=O)N1CCC1CN1CCC(c2nn(C)c3ccc(-c4nc5cc(C)c([C@H](OC(C)(C)C)C(=O)O)c(-c6ccc(Cl)cc6)c5s4)cc23)CC1. The Bertz CT molecular complexity index is 2110. The van der Waals surface area contributed by atoms with Crippen molar-refractivity contribution in [2.45, 2.75) is 70.6 Å². The Morgan fingerprint density at radius 3 is 2.37 bits per heavy atom. The first-order valence-corrected chi connectivity index (χ1v) is 18.6. The van der Waals surface area contributed by atoms with Crippen molar-refractivity contribution in [2.75, 3.05) is 33.3 Å². The van der Waals surface area contributed by atoms with Crippen molar-refractivity contribution in [1.29, 1.82) is 0 Å². The summed E-state index contributed by atoms with van der Waals surface area (Å²) in [6.45, 7) is 11.1. The third-order valence-corrected chi connectivity index (χ3v) is 11.5. The molecule has 2 aliphatic heterocycles. The number of ether oxygens (including phenoxy) is 2. The van der Waals surface area contributed by atoms with Crippen LogP contribution in [0.3, 0.4) is 0 Å². The second-order valence-corrected chi connectivity index (χ2v) is 16.2. The third-order valence-electron chi connectivity index (χ3n) is 10.1. The van der Waals surface area contributed by atoms with Gasteiger partial charge in [-0.25, -0.2) is 14.6 Å². The highest BCUT2D eigenvalue weighted by atomic mass is 35.5. The van der Waals surface area contributed by atoms with Gasteiger partial charge in [0, 0.05) is 59.2 Å². The van der Waals surface area contributed by atoms with Crippen LogP contribution in [0.25, 0.3) is 42.8 Å². The number of hydrogen-bond donors (Lipinski definition) is 1. The summed E-state index contributed by atoms with van der Waals surface area (Å²) in [5.41, 5.74) is 6.37. The summed E-state index contributed by atoms with van der Waals surface area (Å²) in [4.78, 5) is 34.2. The minimum Gasteiger partial charge on any atom is -0.479 e. The predicted octanol–water partition coefficient (Wildman–Crippen LogP) is 8.44. The van der Waals surface area contributed by atoms with E-state index < -0.39 is 17.7 Å². The molecule has 1 unspecified atom stereocenters. The topological polar surface area (TPSA) is 110 Å². The zero-order valence-electron chi connectivity index (χ0n) is 29.9. The number of likely N-dealkylation sites (tertiary alicyclic amines) is 2. The second kappa shape index (κ2) is 13.8. The molecule has 10 nitrogen and oxygen atoms in total. The molecule has 7 rings (SSSR count). The minimum absolute atomic E-state index is 0.224. The highest BCUT2D eigenvalue weighted by Gasteiger charge is 2.36. The van der Waals surface area contributed by atoms with Crippen LogP contribution in [0.15, 0.2) is 48.5 Å². The van der Waals surface area contributed by atoms with E-state index in [9.17, 15) is 14.7 Å². The summed E-state index contributed by atoms with van der Waals surface area (Å²) in [6.07, 6.45) is 1.60. The van der Waals surface area contributed by atoms with E-state index >= 15 is 0 Å². The van der Waals surface area contributed by atoms with Gasteiger partial charge < -0.3 is 24.4 Å². The number of piperidine rings is 1. The number of amides is 1. The zero-order chi connectivity index (χ0) is 36.2. The van der Waals surface area contributed by atoms with Crippen LogP contribution in [0, 0.1) is 6.92 Å². The largest absolute Gasteiger partial charge is 0.479 e. The van der Waals surface area contributed by atoms with Crippen molar-refractivity contribution < 1.29 is 24.2 Å². The molecule has 2 aliphatic rings. The molecule has 0 aliphatic carbocycles. The molecule has 4 heterocycles. The number of aliphatic carboxylic acids is 1. The highest BCUT2D eigenvalue weighted by Crippen LogP contribution is 2.45. The summed E-state index contributed by atoms with van der Waals surface area (Å²) in [7, 11) is 3.44. The van der Waals surface area contributed by atoms with Crippen LogP contribution in [0.2, 0.25) is 5.02 Å². The Labute approximate surface area is 306 Å². The number of nitrogens with zero attached hydrogens (tertiary/aromatic N) is 5. The van der Waals surface area contributed by atoms with Gasteiger partial charge in [0.2, 0.25) is 0 Å². The van der Waals surface area contributed by atoms with Gasteiger partial charge in [0.1, 0.15) is 5.01 Å². The van der Waals surface area contributed by atoms with Crippen molar-refractivity contribution in [3.05, 3.63) is 70.4 Å². The molecule has 2 saturated heterocycles. The molecule has 1 N–H and O–H groups in total. The maximum absolute atomic E-state index is 12.8. The average molecular weight is 730 g/mol. The molecule has 12 heteroatoms. The smallest absolute Gasteiger partial charge is 0.409 e. The number of thiazole rings is 1. The van der Waals surface area contributed by atoms with Crippen molar-refractivity contribution >= 4 is 56.1 Å². The molecular weight excluding hydrogens is 686 g/mol. The molecule has 2 aromatic heterocycles. The van der Waals surface area contributed by atoms with E-state index in [2.05, 4.69) is 23.1 Å². The lowest BCUT2D eigenvalue weighted by Crippen LogP contribution is -2.56. The Morgan fingerprint density at radius 2 is 1.75 bits per heavy atom. The number of benzene rings is 3. The fraction of sp³-hybridized carbons (Fsp3) is 0.436. The van der Waals surface area contributed by atoms with E-state index in [1.165, 1.54) is 7.11 Å². The summed E-state index contributed by atoms with van der Waals surface area (Å²) >= 11 is 7.85. The van der Waals surface area contributed by atoms with Crippen LogP contribution in [0.1, 0.15) is 68.9 Å². The molecule has 5 aromatic rings. The van der Waals surface area contributed by atoms with Crippen LogP contribution in [0.5, 0.6) is 0 Å². The number of carbonyl (C=O) groups is 2. The summed E-state index contributed by atoms with van der Waals surface area (Å²) in [5, 5.41) is 18.1. The predicted molar refractivity (Wildman–Crippen MR) is 202 cm³/mol. The van der Waals surface area contributed by atoms with Crippen LogP contribution in [-0.4, -0.2) is 86.7 Å². The molecule has 0 spiro atoms. The van der Waals surface area contributed by atoms with Crippen molar-refractivity contribution in [3.8, 4) is 21.7 Å². The molecular formula is C39H44ClN5O5S. The summed E-state index contributed by atoms with van der Waals surface area (Å²) in [5.74, 6) is -0.718. The maximum Gasteiger partial charge on any atom is 0.409 e. The first-order valence-electron chi connectivity index (χ1n) is 17.5. The average Bonchev–Trinajstić information content (AvgIpc) is 3.65. The van der Waals surface area contributed by atoms with Gasteiger partial charge in [-0.1, -0.05) is 23.7 Å². The van der Waals surface area contributed by atoms with Crippen molar-refractivity contribution in [2.24, 2.45) is 7.05 Å². The van der Waals surface area contributed by atoms with Gasteiger partial charge in [-0.05, 0) is 108 Å². The molecule has 0 saturated carbocycles. The number of carbonyl (C=O) groups excluding carboxylic acids is 1. The third kappa shape index (κ3) is 6.96. The van der Waals surface area contributed by atoms with Crippen LogP contribution < -0.4 is 0 Å². The van der Waals surface area contributed by atoms with E-state index in [0.717, 1.165) is 99.5 Å². The molecule has 2 fully saturated rings. The maximum atomic E-state index is 12.8. The number of carboxylic acids is 1. The molecule has 51 heavy (non-hydrogen) atoms. The monoisotopic (exact) mass is 729 g/mol. The van der Waals surface area contributed by atoms with Crippen LogP contribution in [0.4, 0.5) is 4.79 Å². The fourth-order valence-corrected chi connectivity index (χ4v) is 8.81. The summed E-state index contributed by atoms with van der Waals surface area (Å²) in [6, 6.07) is 16.1. The number of halogens is 1. The minimum atomic E-state index is -1.17. The van der Waals surface area contributed by atoms with E-state index in [-0.39, 0.29) is 12.1 Å². The number of aromatic nitrogens is 3. The normalized spacial score (nSPS) is 17.9. The first-order chi connectivity index (χ1) is 24.3. The van der Waals surface area contributed by atoms with Gasteiger partial charge >= 0.3 is 12.1 Å². The summed E-state index contributed by atoms with van der Waals surface area (Å²) < 4.78 is 14.0. The number of rotatable bonds is 8. The second-order valence-electron chi connectivity index (χ2n) is 14.7. The van der Waals surface area contributed by atoms with E-state index in [1.54, 1.807) is 11.3 Å². The van der Waals surface area contributed by atoms with E-state index in [1.807, 2.05) is 74.7 Å². The number of hydrogen-bond acceptors (Lipinski definition) is 8. The van der Waals surface area contributed by atoms with E-state index in [0.29, 0.717) is 16.5 Å². The molecule has 0 radical (unpaired) electrons. The zero-order valence-corrected chi connectivity index (χ0v) is 31.5. The molecule has 1 amide bonds. The van der Waals surface area contributed by atoms with Gasteiger partial charge in [-0.2, -0.15) is 5.10 Å². The van der Waals surface area contributed by atoms with Gasteiger partial charge in [-0.15, -0.1) is 11.3 Å². The Balaban J connectivity index is 1.23. The number of aryl methyl sites for hydroxylation is 2. The molecule has 3 aromatic carbocycles. The van der Waals surface area contributed by atoms with Gasteiger partial charge in [0.05, 0.1) is 34.1 Å². The van der Waals surface area contributed by atoms with Gasteiger partial charge in [-0.3, -0.25) is 4.68 Å². The quantitative estimate of drug-likeness (QED) is 0.170. The van der Waals surface area contributed by atoms with Crippen molar-refractivity contribution in [1.82, 2.24) is 24.6 Å². The van der Waals surface area contributed by atoms with Crippen LogP contribution >= 0.6 is 22.9 Å². The Hall–Kier alpha value is -4.03.